The Labute approximate surface area is 253 Å². The molecule has 43 heavy (non-hydrogen) atoms. The van der Waals surface area contributed by atoms with Crippen LogP contribution in [0.4, 0.5) is 17.3 Å². The van der Waals surface area contributed by atoms with Crippen LogP contribution >= 0.6 is 0 Å². The second kappa shape index (κ2) is 13.7. The molecule has 2 aromatic carbocycles. The summed E-state index contributed by atoms with van der Waals surface area (Å²) in [5.74, 6) is 1.11. The number of hydrogen-bond acceptors (Lipinski definition) is 8. The van der Waals surface area contributed by atoms with Crippen molar-refractivity contribution >= 4 is 34.1 Å². The number of methoxy groups -OCH3 is 1. The molecule has 2 aromatic heterocycles. The molecule has 1 fully saturated rings. The number of aryl methyl sites for hydroxylation is 1. The van der Waals surface area contributed by atoms with Crippen LogP contribution in [0.15, 0.2) is 67.5 Å². The summed E-state index contributed by atoms with van der Waals surface area (Å²) in [6.07, 6.45) is 7.26. The van der Waals surface area contributed by atoms with Gasteiger partial charge in [0.2, 0.25) is 11.9 Å². The number of ether oxygens (including phenoxy) is 2. The Morgan fingerprint density at radius 1 is 1.14 bits per heavy atom. The van der Waals surface area contributed by atoms with Crippen LogP contribution in [-0.2, 0) is 11.8 Å². The molecule has 0 saturated carbocycles. The second-order valence-corrected chi connectivity index (χ2v) is 11.1. The van der Waals surface area contributed by atoms with Gasteiger partial charge in [-0.2, -0.15) is 0 Å². The topological polar surface area (TPSA) is 106 Å². The van der Waals surface area contributed by atoms with Gasteiger partial charge in [0.25, 0.3) is 0 Å². The highest BCUT2D eigenvalue weighted by Gasteiger charge is 2.20. The Hall–Kier alpha value is -4.41. The summed E-state index contributed by atoms with van der Waals surface area (Å²) in [6, 6.07) is 14.7. The maximum absolute atomic E-state index is 12.3. The molecular weight excluding hydrogens is 542 g/mol. The maximum atomic E-state index is 12.3. The highest BCUT2D eigenvalue weighted by molar-refractivity contribution is 6.00. The summed E-state index contributed by atoms with van der Waals surface area (Å²) in [7, 11) is 3.61. The largest absolute Gasteiger partial charge is 0.494 e. The first-order chi connectivity index (χ1) is 20.8. The van der Waals surface area contributed by atoms with E-state index >= 15 is 0 Å². The van der Waals surface area contributed by atoms with E-state index < -0.39 is 0 Å². The third-order valence-corrected chi connectivity index (χ3v) is 7.64. The van der Waals surface area contributed by atoms with Gasteiger partial charge in [0, 0.05) is 60.6 Å². The summed E-state index contributed by atoms with van der Waals surface area (Å²) >= 11 is 0. The number of hydrogen-bond donors (Lipinski definition) is 3. The molecule has 1 saturated heterocycles. The van der Waals surface area contributed by atoms with Gasteiger partial charge in [-0.3, -0.25) is 9.69 Å². The van der Waals surface area contributed by atoms with Gasteiger partial charge in [-0.25, -0.2) is 9.97 Å². The van der Waals surface area contributed by atoms with Gasteiger partial charge in [-0.1, -0.05) is 38.6 Å². The van der Waals surface area contributed by atoms with E-state index in [4.69, 9.17) is 14.5 Å². The van der Waals surface area contributed by atoms with Crippen LogP contribution in [0.25, 0.3) is 22.2 Å². The van der Waals surface area contributed by atoms with Crippen molar-refractivity contribution in [3.63, 3.8) is 0 Å². The SMILES string of the molecule is C=CC(=O)Nc1cc(Nc2nccc(-c3cn(C)c4ccccc34)n2)c(OC)cc1OCCN1CCC(NC(C)C)CC1. The van der Waals surface area contributed by atoms with Gasteiger partial charge in [-0.05, 0) is 50.2 Å². The molecule has 5 rings (SSSR count). The van der Waals surface area contributed by atoms with Crippen molar-refractivity contribution < 1.29 is 14.3 Å². The van der Waals surface area contributed by atoms with E-state index in [1.54, 1.807) is 25.4 Å². The van der Waals surface area contributed by atoms with Gasteiger partial charge >= 0.3 is 0 Å². The Kier molecular flexibility index (Phi) is 9.58. The number of carbonyl (C=O) groups is 1. The number of carbonyl (C=O) groups excluding carboxylic acids is 1. The minimum Gasteiger partial charge on any atom is -0.494 e. The summed E-state index contributed by atoms with van der Waals surface area (Å²) in [5, 5.41) is 10.9. The van der Waals surface area contributed by atoms with Crippen LogP contribution in [0.5, 0.6) is 11.5 Å². The summed E-state index contributed by atoms with van der Waals surface area (Å²) < 4.78 is 14.0. The molecule has 0 atom stereocenters. The fraction of sp³-hybridized carbons (Fsp3) is 0.364. The first-order valence-corrected chi connectivity index (χ1v) is 14.8. The number of likely N-dealkylation sites (tertiary alicyclic amines) is 1. The number of rotatable bonds is 12. The fourth-order valence-corrected chi connectivity index (χ4v) is 5.54. The van der Waals surface area contributed by atoms with E-state index in [2.05, 4.69) is 69.2 Å². The minimum atomic E-state index is -0.338. The number of piperidine rings is 1. The van der Waals surface area contributed by atoms with E-state index in [1.807, 2.05) is 25.2 Å². The van der Waals surface area contributed by atoms with Crippen LogP contribution in [0.2, 0.25) is 0 Å². The van der Waals surface area contributed by atoms with Crippen molar-refractivity contribution in [3.8, 4) is 22.8 Å². The van der Waals surface area contributed by atoms with E-state index in [-0.39, 0.29) is 5.91 Å². The third kappa shape index (κ3) is 7.33. The van der Waals surface area contributed by atoms with E-state index in [0.29, 0.717) is 47.5 Å². The highest BCUT2D eigenvalue weighted by Crippen LogP contribution is 2.38. The average Bonchev–Trinajstić information content (AvgIpc) is 3.35. The summed E-state index contributed by atoms with van der Waals surface area (Å²) in [6.45, 7) is 11.3. The van der Waals surface area contributed by atoms with Crippen LogP contribution in [-0.4, -0.2) is 70.8 Å². The number of fused-ring (bicyclic) bond motifs is 1. The average molecular weight is 584 g/mol. The first-order valence-electron chi connectivity index (χ1n) is 14.8. The lowest BCUT2D eigenvalue weighted by Gasteiger charge is -2.33. The van der Waals surface area contributed by atoms with Gasteiger partial charge in [0.05, 0.1) is 24.2 Å². The molecule has 0 unspecified atom stereocenters. The summed E-state index contributed by atoms with van der Waals surface area (Å²) in [4.78, 5) is 24.0. The monoisotopic (exact) mass is 583 g/mol. The Bertz CT molecular complexity index is 1570. The molecule has 1 aliphatic rings. The fourth-order valence-electron chi connectivity index (χ4n) is 5.54. The standard InChI is InChI=1S/C33H41N7O3/c1-6-32(41)36-28-19-27(30(42-5)20-31(28)43-18-17-40-15-12-23(13-16-40)35-22(2)3)38-33-34-14-11-26(37-33)25-21-39(4)29-10-8-7-9-24(25)29/h6-11,14,19-23,35H,1,12-13,15-18H2,2-5H3,(H,36,41)(H,34,37,38). The van der Waals surface area contributed by atoms with Crippen molar-refractivity contribution in [2.45, 2.75) is 38.8 Å². The quantitative estimate of drug-likeness (QED) is 0.192. The van der Waals surface area contributed by atoms with Crippen molar-refractivity contribution in [3.05, 3.63) is 67.5 Å². The van der Waals surface area contributed by atoms with Crippen LogP contribution in [0.1, 0.15) is 26.7 Å². The molecule has 1 aliphatic heterocycles. The molecule has 10 heteroatoms. The third-order valence-electron chi connectivity index (χ3n) is 7.64. The van der Waals surface area contributed by atoms with Crippen molar-refractivity contribution in [1.29, 1.82) is 0 Å². The van der Waals surface area contributed by atoms with E-state index in [0.717, 1.165) is 54.6 Å². The number of anilines is 3. The molecule has 3 N–H and O–H groups in total. The number of nitrogens with zero attached hydrogens (tertiary/aromatic N) is 4. The lowest BCUT2D eigenvalue weighted by molar-refractivity contribution is -0.111. The Morgan fingerprint density at radius 2 is 1.93 bits per heavy atom. The Balaban J connectivity index is 1.33. The van der Waals surface area contributed by atoms with E-state index in [1.165, 1.54) is 6.08 Å². The molecule has 0 spiro atoms. The lowest BCUT2D eigenvalue weighted by Crippen LogP contribution is -2.45. The zero-order valence-electron chi connectivity index (χ0n) is 25.4. The zero-order valence-corrected chi connectivity index (χ0v) is 25.4. The smallest absolute Gasteiger partial charge is 0.247 e. The molecule has 0 radical (unpaired) electrons. The van der Waals surface area contributed by atoms with Gasteiger partial charge in [-0.15, -0.1) is 0 Å². The predicted molar refractivity (Wildman–Crippen MR) is 172 cm³/mol. The first kappa shape index (κ1) is 30.1. The Morgan fingerprint density at radius 3 is 2.67 bits per heavy atom. The number of amides is 1. The van der Waals surface area contributed by atoms with Crippen LogP contribution < -0.4 is 25.4 Å². The number of nitrogens with one attached hydrogen (secondary N) is 3. The van der Waals surface area contributed by atoms with Crippen molar-refractivity contribution in [2.24, 2.45) is 7.05 Å². The molecule has 1 amide bonds. The van der Waals surface area contributed by atoms with Gasteiger partial charge < -0.3 is 30.0 Å². The highest BCUT2D eigenvalue weighted by atomic mass is 16.5. The molecule has 0 aliphatic carbocycles. The van der Waals surface area contributed by atoms with Crippen molar-refractivity contribution in [1.82, 2.24) is 24.8 Å². The van der Waals surface area contributed by atoms with Crippen LogP contribution in [0, 0.1) is 0 Å². The minimum absolute atomic E-state index is 0.338. The predicted octanol–water partition coefficient (Wildman–Crippen LogP) is 5.35. The molecular formula is C33H41N7O3. The zero-order chi connectivity index (χ0) is 30.3. The van der Waals surface area contributed by atoms with E-state index in [9.17, 15) is 4.79 Å². The molecule has 10 nitrogen and oxygen atoms in total. The molecule has 0 bridgehead atoms. The maximum Gasteiger partial charge on any atom is 0.247 e. The molecule has 4 aromatic rings. The summed E-state index contributed by atoms with van der Waals surface area (Å²) in [5.41, 5.74) is 4.01. The number of aromatic nitrogens is 3. The van der Waals surface area contributed by atoms with Gasteiger partial charge in [0.1, 0.15) is 18.1 Å². The van der Waals surface area contributed by atoms with Crippen molar-refractivity contribution in [2.75, 3.05) is 44.0 Å². The number of benzene rings is 2. The number of para-hydroxylation sites is 1. The molecule has 3 heterocycles. The molecule has 226 valence electrons. The van der Waals surface area contributed by atoms with Gasteiger partial charge in [0.15, 0.2) is 0 Å². The second-order valence-electron chi connectivity index (χ2n) is 11.1. The lowest BCUT2D eigenvalue weighted by atomic mass is 10.0. The van der Waals surface area contributed by atoms with Crippen LogP contribution in [0.3, 0.4) is 0 Å². The normalized spacial score (nSPS) is 14.2.